The molecule has 0 saturated heterocycles. The fourth-order valence-corrected chi connectivity index (χ4v) is 4.46. The number of ketones is 1. The summed E-state index contributed by atoms with van der Waals surface area (Å²) in [5.41, 5.74) is 8.36. The lowest BCUT2D eigenvalue weighted by atomic mass is 9.96. The minimum Gasteiger partial charge on any atom is -0.497 e. The first-order valence-electron chi connectivity index (χ1n) is 12.7. The summed E-state index contributed by atoms with van der Waals surface area (Å²) in [5, 5.41) is 0. The van der Waals surface area contributed by atoms with Gasteiger partial charge in [-0.1, -0.05) is 47.5 Å². The van der Waals surface area contributed by atoms with Gasteiger partial charge in [0.25, 0.3) is 0 Å². The molecule has 3 rings (SSSR count). The second kappa shape index (κ2) is 12.7. The van der Waals surface area contributed by atoms with E-state index in [1.54, 1.807) is 13.2 Å². The standard InChI is InChI=1S/C32H41N3O2/c1-23-17-24(2)19-27(18-23)26-10-13-31(35(7)16-15-33(3)4)30(21-26)32(36)14-11-25-9-12-29(37-8)20-28(25)22-34(5)6/h9-14,17-21H,15-16,22H2,1-8H3. The van der Waals surface area contributed by atoms with Crippen LogP contribution in [0.1, 0.15) is 32.6 Å². The second-order valence-corrected chi connectivity index (χ2v) is 10.3. The fourth-order valence-electron chi connectivity index (χ4n) is 4.46. The molecule has 0 aliphatic heterocycles. The van der Waals surface area contributed by atoms with E-state index < -0.39 is 0 Å². The Hall–Kier alpha value is -3.41. The first kappa shape index (κ1) is 28.2. The molecule has 0 unspecified atom stereocenters. The summed E-state index contributed by atoms with van der Waals surface area (Å²) < 4.78 is 5.42. The van der Waals surface area contributed by atoms with Crippen LogP contribution in [0.3, 0.4) is 0 Å². The Labute approximate surface area is 223 Å². The molecule has 0 bridgehead atoms. The van der Waals surface area contributed by atoms with Crippen molar-refractivity contribution >= 4 is 17.5 Å². The van der Waals surface area contributed by atoms with Crippen molar-refractivity contribution in [1.82, 2.24) is 9.80 Å². The largest absolute Gasteiger partial charge is 0.497 e. The van der Waals surface area contributed by atoms with Crippen LogP contribution in [0.5, 0.6) is 5.75 Å². The van der Waals surface area contributed by atoms with Gasteiger partial charge < -0.3 is 19.4 Å². The van der Waals surface area contributed by atoms with Crippen LogP contribution in [0.15, 0.2) is 60.7 Å². The van der Waals surface area contributed by atoms with E-state index in [-0.39, 0.29) is 5.78 Å². The summed E-state index contributed by atoms with van der Waals surface area (Å²) in [6.07, 6.45) is 3.62. The predicted octanol–water partition coefficient (Wildman–Crippen LogP) is 5.93. The molecule has 0 atom stereocenters. The highest BCUT2D eigenvalue weighted by Crippen LogP contribution is 2.30. The number of allylic oxidation sites excluding steroid dienone is 1. The van der Waals surface area contributed by atoms with Crippen LogP contribution in [-0.4, -0.2) is 71.0 Å². The van der Waals surface area contributed by atoms with Gasteiger partial charge in [-0.05, 0) is 94.6 Å². The zero-order valence-corrected chi connectivity index (χ0v) is 23.6. The van der Waals surface area contributed by atoms with Crippen molar-refractivity contribution in [3.05, 3.63) is 88.5 Å². The SMILES string of the molecule is COc1ccc(C=CC(=O)c2cc(-c3cc(C)cc(C)c3)ccc2N(C)CCN(C)C)c(CN(C)C)c1. The summed E-state index contributed by atoms with van der Waals surface area (Å²) in [6.45, 7) is 6.69. The minimum atomic E-state index is -0.00968. The predicted molar refractivity (Wildman–Crippen MR) is 157 cm³/mol. The lowest BCUT2D eigenvalue weighted by Gasteiger charge is -2.24. The highest BCUT2D eigenvalue weighted by Gasteiger charge is 2.15. The van der Waals surface area contributed by atoms with Crippen molar-refractivity contribution in [2.45, 2.75) is 20.4 Å². The molecule has 0 fully saturated rings. The number of hydrogen-bond acceptors (Lipinski definition) is 5. The number of carbonyl (C=O) groups excluding carboxylic acids is 1. The molecule has 0 radical (unpaired) electrons. The second-order valence-electron chi connectivity index (χ2n) is 10.3. The quantitative estimate of drug-likeness (QED) is 0.241. The van der Waals surface area contributed by atoms with E-state index in [2.05, 4.69) is 80.0 Å². The summed E-state index contributed by atoms with van der Waals surface area (Å²) in [6, 6.07) is 18.7. The molecule has 3 aromatic rings. The summed E-state index contributed by atoms with van der Waals surface area (Å²) in [4.78, 5) is 20.1. The molecule has 0 heterocycles. The van der Waals surface area contributed by atoms with Gasteiger partial charge in [0.2, 0.25) is 0 Å². The zero-order chi connectivity index (χ0) is 27.1. The highest BCUT2D eigenvalue weighted by atomic mass is 16.5. The first-order chi connectivity index (χ1) is 17.6. The van der Waals surface area contributed by atoms with Crippen molar-refractivity contribution in [2.75, 3.05) is 60.3 Å². The highest BCUT2D eigenvalue weighted by molar-refractivity contribution is 6.11. The van der Waals surface area contributed by atoms with Gasteiger partial charge in [-0.2, -0.15) is 0 Å². The van der Waals surface area contributed by atoms with Crippen LogP contribution in [0, 0.1) is 13.8 Å². The van der Waals surface area contributed by atoms with Gasteiger partial charge in [0.1, 0.15) is 5.75 Å². The van der Waals surface area contributed by atoms with Crippen LogP contribution in [0.4, 0.5) is 5.69 Å². The molecule has 0 aliphatic rings. The number of likely N-dealkylation sites (N-methyl/N-ethyl adjacent to an activating group) is 2. The third kappa shape index (κ3) is 7.78. The van der Waals surface area contributed by atoms with E-state index in [1.165, 1.54) is 11.1 Å². The summed E-state index contributed by atoms with van der Waals surface area (Å²) in [7, 11) is 11.9. The molecule has 3 aromatic carbocycles. The molecule has 0 spiro atoms. The van der Waals surface area contributed by atoms with Crippen molar-refractivity contribution in [3.63, 3.8) is 0 Å². The van der Waals surface area contributed by atoms with Gasteiger partial charge in [0.05, 0.1) is 7.11 Å². The molecule has 0 aromatic heterocycles. The third-order valence-electron chi connectivity index (χ3n) is 6.36. The fraction of sp³-hybridized carbons (Fsp3) is 0.344. The topological polar surface area (TPSA) is 36.0 Å². The van der Waals surface area contributed by atoms with Crippen LogP contribution in [0.2, 0.25) is 0 Å². The lowest BCUT2D eigenvalue weighted by molar-refractivity contribution is 0.104. The minimum absolute atomic E-state index is 0.00968. The van der Waals surface area contributed by atoms with Gasteiger partial charge in [0.15, 0.2) is 5.78 Å². The van der Waals surface area contributed by atoms with Crippen LogP contribution in [0.25, 0.3) is 17.2 Å². The Morgan fingerprint density at radius 3 is 2.14 bits per heavy atom. The molecule has 0 N–H and O–H groups in total. The maximum atomic E-state index is 13.7. The van der Waals surface area contributed by atoms with E-state index >= 15 is 0 Å². The first-order valence-corrected chi connectivity index (χ1v) is 12.7. The van der Waals surface area contributed by atoms with Gasteiger partial charge in [-0.25, -0.2) is 0 Å². The average molecular weight is 500 g/mol. The number of aryl methyl sites for hydroxylation is 2. The Morgan fingerprint density at radius 2 is 1.51 bits per heavy atom. The molecule has 5 nitrogen and oxygen atoms in total. The van der Waals surface area contributed by atoms with Crippen LogP contribution in [-0.2, 0) is 6.54 Å². The van der Waals surface area contributed by atoms with E-state index in [4.69, 9.17) is 4.74 Å². The average Bonchev–Trinajstić information content (AvgIpc) is 2.84. The zero-order valence-electron chi connectivity index (χ0n) is 23.6. The lowest BCUT2D eigenvalue weighted by Crippen LogP contribution is -2.29. The Bertz CT molecular complexity index is 1240. The summed E-state index contributed by atoms with van der Waals surface area (Å²) >= 11 is 0. The van der Waals surface area contributed by atoms with Crippen molar-refractivity contribution in [2.24, 2.45) is 0 Å². The van der Waals surface area contributed by atoms with E-state index in [1.807, 2.05) is 44.4 Å². The number of hydrogen-bond donors (Lipinski definition) is 0. The Balaban J connectivity index is 2.02. The number of methoxy groups -OCH3 is 1. The third-order valence-corrected chi connectivity index (χ3v) is 6.36. The molecule has 0 saturated carbocycles. The van der Waals surface area contributed by atoms with Gasteiger partial charge in [-0.15, -0.1) is 0 Å². The molecule has 37 heavy (non-hydrogen) atoms. The number of benzene rings is 3. The van der Waals surface area contributed by atoms with E-state index in [9.17, 15) is 4.79 Å². The van der Waals surface area contributed by atoms with Gasteiger partial charge in [0, 0.05) is 37.9 Å². The monoisotopic (exact) mass is 499 g/mol. The van der Waals surface area contributed by atoms with Gasteiger partial charge in [-0.3, -0.25) is 4.79 Å². The van der Waals surface area contributed by atoms with Crippen LogP contribution < -0.4 is 9.64 Å². The number of nitrogens with zero attached hydrogens (tertiary/aromatic N) is 3. The Kier molecular flexibility index (Phi) is 9.67. The Morgan fingerprint density at radius 1 is 0.811 bits per heavy atom. The van der Waals surface area contributed by atoms with Crippen LogP contribution >= 0.6 is 0 Å². The van der Waals surface area contributed by atoms with Crippen molar-refractivity contribution in [1.29, 1.82) is 0 Å². The molecule has 5 heteroatoms. The van der Waals surface area contributed by atoms with Crippen molar-refractivity contribution in [3.8, 4) is 16.9 Å². The molecular weight excluding hydrogens is 458 g/mol. The van der Waals surface area contributed by atoms with E-state index in [0.29, 0.717) is 5.56 Å². The molecular formula is C32H41N3O2. The number of carbonyl (C=O) groups is 1. The van der Waals surface area contributed by atoms with Gasteiger partial charge >= 0.3 is 0 Å². The maximum absolute atomic E-state index is 13.7. The molecule has 0 aliphatic carbocycles. The maximum Gasteiger partial charge on any atom is 0.187 e. The smallest absolute Gasteiger partial charge is 0.187 e. The number of ether oxygens (including phenoxy) is 1. The molecule has 196 valence electrons. The number of rotatable bonds is 11. The van der Waals surface area contributed by atoms with E-state index in [0.717, 1.165) is 53.3 Å². The summed E-state index contributed by atoms with van der Waals surface area (Å²) in [5.74, 6) is 0.802. The van der Waals surface area contributed by atoms with Crippen molar-refractivity contribution < 1.29 is 9.53 Å². The number of anilines is 1. The molecule has 0 amide bonds. The normalized spacial score (nSPS) is 11.5.